The molecule has 0 spiro atoms. The number of aromatic nitrogens is 2. The van der Waals surface area contributed by atoms with Crippen LogP contribution in [-0.4, -0.2) is 46.8 Å². The fourth-order valence-corrected chi connectivity index (χ4v) is 4.32. The number of ether oxygens (including phenoxy) is 1. The van der Waals surface area contributed by atoms with Gasteiger partial charge in [-0.05, 0) is 31.9 Å². The van der Waals surface area contributed by atoms with Gasteiger partial charge in [-0.2, -0.15) is 5.10 Å². The van der Waals surface area contributed by atoms with Crippen molar-refractivity contribution in [2.45, 2.75) is 45.9 Å². The van der Waals surface area contributed by atoms with Crippen LogP contribution in [0.5, 0.6) is 0 Å². The molecule has 0 saturated heterocycles. The molecule has 2 aromatic rings. The van der Waals surface area contributed by atoms with E-state index < -0.39 is 5.97 Å². The summed E-state index contributed by atoms with van der Waals surface area (Å²) in [6.07, 6.45) is 0. The number of amides is 1. The molecule has 1 aromatic heterocycles. The van der Waals surface area contributed by atoms with Crippen molar-refractivity contribution in [1.82, 2.24) is 14.7 Å². The van der Waals surface area contributed by atoms with Crippen molar-refractivity contribution in [3.05, 3.63) is 46.6 Å². The Hall–Kier alpha value is -2.83. The topological polar surface area (TPSA) is 67.7 Å². The third-order valence-electron chi connectivity index (χ3n) is 6.46. The number of hydrogen-bond acceptors (Lipinski definition) is 5. The van der Waals surface area contributed by atoms with Crippen LogP contribution in [0.1, 0.15) is 58.8 Å². The Bertz CT molecular complexity index is 951. The zero-order chi connectivity index (χ0) is 20.2. The van der Waals surface area contributed by atoms with Gasteiger partial charge in [0, 0.05) is 18.7 Å². The van der Waals surface area contributed by atoms with Crippen LogP contribution in [0.4, 0.5) is 5.82 Å². The zero-order valence-electron chi connectivity index (χ0n) is 17.0. The number of nitrogens with zero attached hydrogens (tertiary/aromatic N) is 4. The number of esters is 1. The van der Waals surface area contributed by atoms with Gasteiger partial charge in [0.25, 0.3) is 5.91 Å². The molecule has 7 heteroatoms. The van der Waals surface area contributed by atoms with Gasteiger partial charge in [0.1, 0.15) is 5.82 Å². The smallest absolute Gasteiger partial charge is 0.338 e. The fourth-order valence-electron chi connectivity index (χ4n) is 4.32. The van der Waals surface area contributed by atoms with Crippen LogP contribution in [0.25, 0.3) is 0 Å². The maximum absolute atomic E-state index is 13.2. The molecule has 0 bridgehead atoms. The summed E-state index contributed by atoms with van der Waals surface area (Å²) in [6, 6.07) is 7.50. The van der Waals surface area contributed by atoms with Gasteiger partial charge < -0.3 is 14.5 Å². The van der Waals surface area contributed by atoms with Gasteiger partial charge in [0.15, 0.2) is 0 Å². The van der Waals surface area contributed by atoms with E-state index >= 15 is 0 Å². The molecule has 28 heavy (non-hydrogen) atoms. The van der Waals surface area contributed by atoms with E-state index in [9.17, 15) is 9.59 Å². The monoisotopic (exact) mass is 382 g/mol. The molecule has 7 nitrogen and oxygen atoms in total. The van der Waals surface area contributed by atoms with Gasteiger partial charge in [-0.1, -0.05) is 19.1 Å². The fraction of sp³-hybridized carbons (Fsp3) is 0.476. The van der Waals surface area contributed by atoms with E-state index in [0.29, 0.717) is 42.2 Å². The highest BCUT2D eigenvalue weighted by molar-refractivity contribution is 6.05. The van der Waals surface area contributed by atoms with Gasteiger partial charge in [0.05, 0.1) is 43.1 Å². The van der Waals surface area contributed by atoms with Crippen LogP contribution < -0.4 is 4.90 Å². The van der Waals surface area contributed by atoms with Gasteiger partial charge in [-0.25, -0.2) is 9.48 Å². The van der Waals surface area contributed by atoms with Gasteiger partial charge >= 0.3 is 5.97 Å². The van der Waals surface area contributed by atoms with Gasteiger partial charge in [-0.15, -0.1) is 0 Å². The van der Waals surface area contributed by atoms with Crippen molar-refractivity contribution in [2.75, 3.05) is 19.1 Å². The summed E-state index contributed by atoms with van der Waals surface area (Å²) < 4.78 is 6.94. The average Bonchev–Trinajstić information content (AvgIpc) is 3.27. The molecule has 2 aliphatic rings. The normalized spacial score (nSPS) is 23.4. The molecule has 0 saturated carbocycles. The first-order chi connectivity index (χ1) is 13.3. The lowest BCUT2D eigenvalue weighted by Gasteiger charge is -2.41. The van der Waals surface area contributed by atoms with Crippen LogP contribution >= 0.6 is 0 Å². The standard InChI is InChI=1S/C21H26N4O3/c1-12-13(2)23(4)19-17-10-24(11-18(17)22-25(19)14(12)3)20(26)15-8-6-7-9-16(15)21(27)28-5/h6-9,12-14H,10-11H2,1-5H3. The SMILES string of the molecule is COC(=O)c1ccccc1C(=O)N1Cc2nn3c(c2C1)N(C)C(C)C(C)C3C. The van der Waals surface area contributed by atoms with Crippen molar-refractivity contribution >= 4 is 17.7 Å². The molecule has 1 amide bonds. The molecular formula is C21H26N4O3. The summed E-state index contributed by atoms with van der Waals surface area (Å²) in [5.74, 6) is 0.912. The molecule has 4 rings (SSSR count). The third kappa shape index (κ3) is 2.60. The second-order valence-corrected chi connectivity index (χ2v) is 7.84. The molecular weight excluding hydrogens is 356 g/mol. The van der Waals surface area contributed by atoms with Crippen LogP contribution in [0.15, 0.2) is 24.3 Å². The first-order valence-electron chi connectivity index (χ1n) is 9.64. The molecule has 3 unspecified atom stereocenters. The third-order valence-corrected chi connectivity index (χ3v) is 6.46. The van der Waals surface area contributed by atoms with Crippen LogP contribution in [0, 0.1) is 5.92 Å². The lowest BCUT2D eigenvalue weighted by Crippen LogP contribution is -2.44. The lowest BCUT2D eigenvalue weighted by atomic mass is 9.92. The number of anilines is 1. The quantitative estimate of drug-likeness (QED) is 0.747. The molecule has 0 aliphatic carbocycles. The number of methoxy groups -OCH3 is 1. The highest BCUT2D eigenvalue weighted by Crippen LogP contribution is 2.41. The maximum Gasteiger partial charge on any atom is 0.338 e. The Kier molecular flexibility index (Phi) is 4.40. The first-order valence-corrected chi connectivity index (χ1v) is 9.64. The number of benzene rings is 1. The van der Waals surface area contributed by atoms with Crippen LogP contribution in [0.3, 0.4) is 0 Å². The molecule has 1 aromatic carbocycles. The van der Waals surface area contributed by atoms with E-state index in [2.05, 4.69) is 37.4 Å². The zero-order valence-corrected chi connectivity index (χ0v) is 17.0. The number of carbonyl (C=O) groups is 2. The molecule has 0 fully saturated rings. The minimum absolute atomic E-state index is 0.175. The molecule has 148 valence electrons. The van der Waals surface area contributed by atoms with Crippen molar-refractivity contribution < 1.29 is 14.3 Å². The van der Waals surface area contributed by atoms with E-state index in [-0.39, 0.29) is 5.91 Å². The minimum atomic E-state index is -0.502. The Morgan fingerprint density at radius 1 is 1.07 bits per heavy atom. The minimum Gasteiger partial charge on any atom is -0.465 e. The summed E-state index contributed by atoms with van der Waals surface area (Å²) in [7, 11) is 3.42. The van der Waals surface area contributed by atoms with Crippen molar-refractivity contribution in [3.8, 4) is 0 Å². The van der Waals surface area contributed by atoms with Gasteiger partial charge in [0.2, 0.25) is 0 Å². The predicted molar refractivity (Wildman–Crippen MR) is 105 cm³/mol. The highest BCUT2D eigenvalue weighted by Gasteiger charge is 2.39. The lowest BCUT2D eigenvalue weighted by molar-refractivity contribution is 0.0589. The van der Waals surface area contributed by atoms with E-state index in [0.717, 1.165) is 17.1 Å². The number of rotatable bonds is 2. The summed E-state index contributed by atoms with van der Waals surface area (Å²) in [4.78, 5) is 29.2. The molecule has 0 N–H and O–H groups in total. The Balaban J connectivity index is 1.65. The highest BCUT2D eigenvalue weighted by atomic mass is 16.5. The predicted octanol–water partition coefficient (Wildman–Crippen LogP) is 2.86. The molecule has 3 heterocycles. The van der Waals surface area contributed by atoms with Crippen LogP contribution in [-0.2, 0) is 17.8 Å². The Morgan fingerprint density at radius 3 is 2.43 bits per heavy atom. The number of hydrogen-bond donors (Lipinski definition) is 0. The maximum atomic E-state index is 13.2. The second-order valence-electron chi connectivity index (χ2n) is 7.84. The number of fused-ring (bicyclic) bond motifs is 3. The average molecular weight is 382 g/mol. The second kappa shape index (κ2) is 6.65. The molecule has 0 radical (unpaired) electrons. The summed E-state index contributed by atoms with van der Waals surface area (Å²) in [5.41, 5.74) is 2.71. The summed E-state index contributed by atoms with van der Waals surface area (Å²) >= 11 is 0. The van der Waals surface area contributed by atoms with E-state index in [4.69, 9.17) is 9.84 Å². The van der Waals surface area contributed by atoms with Gasteiger partial charge in [-0.3, -0.25) is 4.79 Å². The molecule has 2 aliphatic heterocycles. The Morgan fingerprint density at radius 2 is 1.75 bits per heavy atom. The van der Waals surface area contributed by atoms with Crippen molar-refractivity contribution in [3.63, 3.8) is 0 Å². The van der Waals surface area contributed by atoms with E-state index in [1.54, 1.807) is 29.2 Å². The van der Waals surface area contributed by atoms with E-state index in [1.807, 2.05) is 0 Å². The van der Waals surface area contributed by atoms with Crippen molar-refractivity contribution in [1.29, 1.82) is 0 Å². The number of carbonyl (C=O) groups excluding carboxylic acids is 2. The van der Waals surface area contributed by atoms with E-state index in [1.165, 1.54) is 7.11 Å². The van der Waals surface area contributed by atoms with Crippen molar-refractivity contribution in [2.24, 2.45) is 5.92 Å². The first kappa shape index (κ1) is 18.5. The largest absolute Gasteiger partial charge is 0.465 e. The Labute approximate surface area is 164 Å². The molecule has 3 atom stereocenters. The van der Waals surface area contributed by atoms with Crippen LogP contribution in [0.2, 0.25) is 0 Å². The summed E-state index contributed by atoms with van der Waals surface area (Å²) in [6.45, 7) is 7.63. The summed E-state index contributed by atoms with van der Waals surface area (Å²) in [5, 5.41) is 4.84.